The highest BCUT2D eigenvalue weighted by atomic mass is 16.5. The number of carbonyl (C=O) groups is 1. The molecule has 0 aromatic heterocycles. The van der Waals surface area contributed by atoms with E-state index in [1.165, 1.54) is 0 Å². The lowest BCUT2D eigenvalue weighted by atomic mass is 10.1. The average molecular weight is 296 g/mol. The first kappa shape index (κ1) is 14.2. The summed E-state index contributed by atoms with van der Waals surface area (Å²) in [6.07, 6.45) is 1.68. The maximum absolute atomic E-state index is 12.4. The van der Waals surface area contributed by atoms with Gasteiger partial charge >= 0.3 is 0 Å². The molecule has 0 saturated heterocycles. The van der Waals surface area contributed by atoms with E-state index in [1.54, 1.807) is 32.4 Å². The second kappa shape index (κ2) is 5.56. The highest BCUT2D eigenvalue weighted by Crippen LogP contribution is 2.36. The number of allylic oxidation sites excluding steroid dienone is 1. The van der Waals surface area contributed by atoms with Gasteiger partial charge in [-0.05, 0) is 36.8 Å². The van der Waals surface area contributed by atoms with Crippen molar-refractivity contribution in [3.63, 3.8) is 0 Å². The van der Waals surface area contributed by atoms with Crippen molar-refractivity contribution in [1.82, 2.24) is 0 Å². The molecule has 1 aliphatic heterocycles. The molecule has 0 spiro atoms. The van der Waals surface area contributed by atoms with E-state index in [4.69, 9.17) is 14.2 Å². The van der Waals surface area contributed by atoms with Crippen LogP contribution in [0.1, 0.15) is 21.5 Å². The minimum absolute atomic E-state index is 0.125. The molecular weight excluding hydrogens is 280 g/mol. The molecule has 0 bridgehead atoms. The summed E-state index contributed by atoms with van der Waals surface area (Å²) < 4.78 is 16.3. The Kier molecular flexibility index (Phi) is 3.59. The number of ether oxygens (including phenoxy) is 3. The van der Waals surface area contributed by atoms with Gasteiger partial charge in [-0.1, -0.05) is 18.2 Å². The molecule has 4 nitrogen and oxygen atoms in total. The quantitative estimate of drug-likeness (QED) is 0.811. The molecule has 0 N–H and O–H groups in total. The molecule has 0 radical (unpaired) electrons. The van der Waals surface area contributed by atoms with Crippen LogP contribution < -0.4 is 14.2 Å². The van der Waals surface area contributed by atoms with Crippen LogP contribution in [0.2, 0.25) is 0 Å². The van der Waals surface area contributed by atoms with Gasteiger partial charge in [0.15, 0.2) is 17.3 Å². The van der Waals surface area contributed by atoms with E-state index >= 15 is 0 Å². The summed E-state index contributed by atoms with van der Waals surface area (Å²) in [7, 11) is 3.14. The SMILES string of the molecule is COc1cccc(/C=C2\Oc3cc(C)ccc3C2=O)c1OC. The Hall–Kier alpha value is -2.75. The standard InChI is InChI=1S/C18H16O4/c1-11-7-8-13-15(9-11)22-16(17(13)19)10-12-5-4-6-14(20-2)18(12)21-3/h4-10H,1-3H3/b16-10-. The van der Waals surface area contributed by atoms with Gasteiger partial charge in [-0.15, -0.1) is 0 Å². The lowest BCUT2D eigenvalue weighted by Crippen LogP contribution is -1.99. The number of benzene rings is 2. The molecule has 2 aromatic carbocycles. The van der Waals surface area contributed by atoms with Crippen molar-refractivity contribution in [3.8, 4) is 17.2 Å². The molecular formula is C18H16O4. The molecule has 0 fully saturated rings. The highest BCUT2D eigenvalue weighted by Gasteiger charge is 2.27. The van der Waals surface area contributed by atoms with E-state index in [1.807, 2.05) is 31.2 Å². The van der Waals surface area contributed by atoms with Crippen molar-refractivity contribution >= 4 is 11.9 Å². The summed E-state index contributed by atoms with van der Waals surface area (Å²) in [5, 5.41) is 0. The first-order chi connectivity index (χ1) is 10.6. The van der Waals surface area contributed by atoms with Crippen molar-refractivity contribution in [2.24, 2.45) is 0 Å². The number of aryl methyl sites for hydroxylation is 1. The van der Waals surface area contributed by atoms with Crippen LogP contribution >= 0.6 is 0 Å². The number of carbonyl (C=O) groups excluding carboxylic acids is 1. The number of rotatable bonds is 3. The van der Waals surface area contributed by atoms with E-state index in [0.29, 0.717) is 22.8 Å². The third kappa shape index (κ3) is 2.33. The van der Waals surface area contributed by atoms with E-state index < -0.39 is 0 Å². The van der Waals surface area contributed by atoms with Gasteiger partial charge < -0.3 is 14.2 Å². The van der Waals surface area contributed by atoms with Crippen LogP contribution in [0.15, 0.2) is 42.2 Å². The van der Waals surface area contributed by atoms with Gasteiger partial charge in [0, 0.05) is 5.56 Å². The molecule has 1 heterocycles. The van der Waals surface area contributed by atoms with Gasteiger partial charge in [0.25, 0.3) is 0 Å². The van der Waals surface area contributed by atoms with E-state index in [2.05, 4.69) is 0 Å². The third-order valence-electron chi connectivity index (χ3n) is 3.55. The van der Waals surface area contributed by atoms with Crippen LogP contribution in [0.5, 0.6) is 17.2 Å². The predicted octanol–water partition coefficient (Wildman–Crippen LogP) is 3.63. The minimum Gasteiger partial charge on any atom is -0.493 e. The van der Waals surface area contributed by atoms with Gasteiger partial charge in [-0.3, -0.25) is 4.79 Å². The topological polar surface area (TPSA) is 44.8 Å². The lowest BCUT2D eigenvalue weighted by molar-refractivity contribution is 0.101. The smallest absolute Gasteiger partial charge is 0.231 e. The molecule has 0 amide bonds. The van der Waals surface area contributed by atoms with Crippen molar-refractivity contribution in [3.05, 3.63) is 58.8 Å². The Morgan fingerprint density at radius 3 is 2.64 bits per heavy atom. The molecule has 0 unspecified atom stereocenters. The highest BCUT2D eigenvalue weighted by molar-refractivity contribution is 6.14. The summed E-state index contributed by atoms with van der Waals surface area (Å²) in [4.78, 5) is 12.4. The average Bonchev–Trinajstić information content (AvgIpc) is 2.82. The Balaban J connectivity index is 2.03. The van der Waals surface area contributed by atoms with Crippen LogP contribution in [0.25, 0.3) is 6.08 Å². The molecule has 3 rings (SSSR count). The fourth-order valence-corrected chi connectivity index (χ4v) is 2.46. The largest absolute Gasteiger partial charge is 0.493 e. The molecule has 22 heavy (non-hydrogen) atoms. The molecule has 2 aromatic rings. The molecule has 4 heteroatoms. The maximum atomic E-state index is 12.4. The second-order valence-electron chi connectivity index (χ2n) is 5.02. The Labute approximate surface area is 128 Å². The van der Waals surface area contributed by atoms with Crippen LogP contribution in [0.3, 0.4) is 0 Å². The minimum atomic E-state index is -0.125. The first-order valence-electron chi connectivity index (χ1n) is 6.90. The molecule has 0 atom stereocenters. The monoisotopic (exact) mass is 296 g/mol. The van der Waals surface area contributed by atoms with E-state index in [-0.39, 0.29) is 11.5 Å². The number of Topliss-reactive ketones (excluding diaryl/α,β-unsaturated/α-hetero) is 1. The molecule has 112 valence electrons. The second-order valence-corrected chi connectivity index (χ2v) is 5.02. The number of hydrogen-bond donors (Lipinski definition) is 0. The zero-order valence-electron chi connectivity index (χ0n) is 12.7. The molecule has 0 saturated carbocycles. The fraction of sp³-hybridized carbons (Fsp3) is 0.167. The van der Waals surface area contributed by atoms with Crippen molar-refractivity contribution in [2.45, 2.75) is 6.92 Å². The number of methoxy groups -OCH3 is 2. The van der Waals surface area contributed by atoms with E-state index in [9.17, 15) is 4.79 Å². The summed E-state index contributed by atoms with van der Waals surface area (Å²) in [5.74, 6) is 1.93. The van der Waals surface area contributed by atoms with Crippen LogP contribution in [-0.4, -0.2) is 20.0 Å². The first-order valence-corrected chi connectivity index (χ1v) is 6.90. The number of para-hydroxylation sites is 1. The van der Waals surface area contributed by atoms with Crippen LogP contribution in [-0.2, 0) is 0 Å². The van der Waals surface area contributed by atoms with Crippen molar-refractivity contribution in [1.29, 1.82) is 0 Å². The van der Waals surface area contributed by atoms with Gasteiger partial charge in [-0.25, -0.2) is 0 Å². The van der Waals surface area contributed by atoms with Gasteiger partial charge in [-0.2, -0.15) is 0 Å². The van der Waals surface area contributed by atoms with Crippen molar-refractivity contribution in [2.75, 3.05) is 14.2 Å². The van der Waals surface area contributed by atoms with Gasteiger partial charge in [0.05, 0.1) is 19.8 Å². The van der Waals surface area contributed by atoms with Gasteiger partial charge in [0.1, 0.15) is 5.75 Å². The van der Waals surface area contributed by atoms with Crippen molar-refractivity contribution < 1.29 is 19.0 Å². The Morgan fingerprint density at radius 1 is 1.09 bits per heavy atom. The number of hydrogen-bond acceptors (Lipinski definition) is 4. The van der Waals surface area contributed by atoms with Gasteiger partial charge in [0.2, 0.25) is 5.78 Å². The van der Waals surface area contributed by atoms with Crippen LogP contribution in [0, 0.1) is 6.92 Å². The zero-order chi connectivity index (χ0) is 15.7. The molecule has 1 aliphatic rings. The maximum Gasteiger partial charge on any atom is 0.231 e. The fourth-order valence-electron chi connectivity index (χ4n) is 2.46. The Bertz CT molecular complexity index is 775. The lowest BCUT2D eigenvalue weighted by Gasteiger charge is -2.10. The summed E-state index contributed by atoms with van der Waals surface area (Å²) in [5.41, 5.74) is 2.36. The Morgan fingerprint density at radius 2 is 1.91 bits per heavy atom. The number of fused-ring (bicyclic) bond motifs is 1. The van der Waals surface area contributed by atoms with Crippen LogP contribution in [0.4, 0.5) is 0 Å². The number of ketones is 1. The zero-order valence-corrected chi connectivity index (χ0v) is 12.7. The predicted molar refractivity (Wildman–Crippen MR) is 83.7 cm³/mol. The normalized spacial score (nSPS) is 14.7. The summed E-state index contributed by atoms with van der Waals surface area (Å²) >= 11 is 0. The summed E-state index contributed by atoms with van der Waals surface area (Å²) in [6.45, 7) is 1.96. The molecule has 0 aliphatic carbocycles. The van der Waals surface area contributed by atoms with E-state index in [0.717, 1.165) is 11.1 Å². The third-order valence-corrected chi connectivity index (χ3v) is 3.55. The summed E-state index contributed by atoms with van der Waals surface area (Å²) in [6, 6.07) is 11.0.